The molecule has 0 saturated carbocycles. The smallest absolute Gasteiger partial charge is 0.147 e. The van der Waals surface area contributed by atoms with Crippen LogP contribution in [-0.4, -0.2) is 4.98 Å². The van der Waals surface area contributed by atoms with Crippen molar-refractivity contribution in [2.75, 3.05) is 0 Å². The molecular formula is C15H12Br2N2O. The Morgan fingerprint density at radius 2 is 2.15 bits per heavy atom. The molecule has 0 fully saturated rings. The van der Waals surface area contributed by atoms with E-state index in [4.69, 9.17) is 10.00 Å². The first kappa shape index (κ1) is 15.0. The van der Waals surface area contributed by atoms with Gasteiger partial charge in [-0.05, 0) is 30.7 Å². The quantitative estimate of drug-likeness (QED) is 0.716. The zero-order valence-electron chi connectivity index (χ0n) is 10.9. The second kappa shape index (κ2) is 6.87. The van der Waals surface area contributed by atoms with Crippen molar-refractivity contribution in [2.24, 2.45) is 0 Å². The lowest BCUT2D eigenvalue weighted by Gasteiger charge is -2.14. The second-order valence-corrected chi connectivity index (χ2v) is 5.73. The van der Waals surface area contributed by atoms with Gasteiger partial charge in [0, 0.05) is 27.1 Å². The van der Waals surface area contributed by atoms with E-state index in [2.05, 4.69) is 42.9 Å². The fourth-order valence-electron chi connectivity index (χ4n) is 1.91. The average molecular weight is 396 g/mol. The molecule has 0 atom stereocenters. The summed E-state index contributed by atoms with van der Waals surface area (Å²) < 4.78 is 6.92. The highest BCUT2D eigenvalue weighted by molar-refractivity contribution is 9.10. The number of hydrogen-bond donors (Lipinski definition) is 0. The number of halogens is 2. The zero-order valence-corrected chi connectivity index (χ0v) is 14.0. The maximum Gasteiger partial charge on any atom is 0.147 e. The third kappa shape index (κ3) is 3.38. The molecule has 0 N–H and O–H groups in total. The van der Waals surface area contributed by atoms with Gasteiger partial charge in [0.2, 0.25) is 0 Å². The van der Waals surface area contributed by atoms with Crippen molar-refractivity contribution < 1.29 is 4.74 Å². The normalized spacial score (nSPS) is 10.1. The first-order valence-electron chi connectivity index (χ1n) is 5.97. The molecule has 1 aromatic carbocycles. The van der Waals surface area contributed by atoms with Crippen LogP contribution >= 0.6 is 31.9 Å². The molecule has 0 amide bonds. The third-order valence-corrected chi connectivity index (χ3v) is 3.89. The van der Waals surface area contributed by atoms with E-state index in [1.165, 1.54) is 0 Å². The largest absolute Gasteiger partial charge is 0.488 e. The number of nitrogens with zero attached hydrogens (tertiary/aromatic N) is 2. The maximum atomic E-state index is 9.03. The van der Waals surface area contributed by atoms with E-state index in [9.17, 15) is 0 Å². The molecule has 5 heteroatoms. The maximum absolute atomic E-state index is 9.03. The molecule has 20 heavy (non-hydrogen) atoms. The molecule has 0 bridgehead atoms. The monoisotopic (exact) mass is 394 g/mol. The van der Waals surface area contributed by atoms with Gasteiger partial charge in [-0.25, -0.2) is 4.98 Å². The highest BCUT2D eigenvalue weighted by Gasteiger charge is 2.10. The van der Waals surface area contributed by atoms with Gasteiger partial charge in [-0.15, -0.1) is 0 Å². The number of hydrogen-bond acceptors (Lipinski definition) is 3. The number of aromatic nitrogens is 1. The van der Waals surface area contributed by atoms with E-state index in [-0.39, 0.29) is 0 Å². The molecule has 0 spiro atoms. The molecule has 0 unspecified atom stereocenters. The molecule has 1 aromatic heterocycles. The van der Waals surface area contributed by atoms with Crippen molar-refractivity contribution >= 4 is 31.9 Å². The molecule has 0 radical (unpaired) electrons. The second-order valence-electron chi connectivity index (χ2n) is 4.26. The number of benzene rings is 1. The average Bonchev–Trinajstić information content (AvgIpc) is 2.45. The Balaban J connectivity index is 2.25. The highest BCUT2D eigenvalue weighted by Crippen LogP contribution is 2.30. The van der Waals surface area contributed by atoms with E-state index in [1.807, 2.05) is 25.1 Å². The van der Waals surface area contributed by atoms with Gasteiger partial charge in [-0.1, -0.05) is 37.9 Å². The Labute approximate surface area is 134 Å². The topological polar surface area (TPSA) is 45.9 Å². The third-order valence-electron chi connectivity index (χ3n) is 2.83. The lowest BCUT2D eigenvalue weighted by atomic mass is 10.1. The summed E-state index contributed by atoms with van der Waals surface area (Å²) >= 11 is 6.94. The molecule has 0 aliphatic rings. The predicted octanol–water partition coefficient (Wildman–Crippen LogP) is 4.50. The van der Waals surface area contributed by atoms with Crippen molar-refractivity contribution in [1.29, 1.82) is 5.26 Å². The van der Waals surface area contributed by atoms with Gasteiger partial charge >= 0.3 is 0 Å². The van der Waals surface area contributed by atoms with E-state index >= 15 is 0 Å². The van der Waals surface area contributed by atoms with Crippen molar-refractivity contribution in [3.05, 3.63) is 57.3 Å². The summed E-state index contributed by atoms with van der Waals surface area (Å²) in [5.74, 6) is 0.845. The lowest BCUT2D eigenvalue weighted by Crippen LogP contribution is -2.03. The Hall–Kier alpha value is -1.38. The van der Waals surface area contributed by atoms with Crippen molar-refractivity contribution in [3.63, 3.8) is 0 Å². The Kier molecular flexibility index (Phi) is 5.16. The number of aryl methyl sites for hydroxylation is 1. The van der Waals surface area contributed by atoms with E-state index < -0.39 is 0 Å². The van der Waals surface area contributed by atoms with Gasteiger partial charge in [0.25, 0.3) is 0 Å². The molecule has 102 valence electrons. The van der Waals surface area contributed by atoms with Gasteiger partial charge in [-0.2, -0.15) is 5.26 Å². The summed E-state index contributed by atoms with van der Waals surface area (Å²) in [6, 6.07) is 9.77. The Morgan fingerprint density at radius 3 is 2.85 bits per heavy atom. The number of rotatable bonds is 4. The minimum Gasteiger partial charge on any atom is -0.488 e. The summed E-state index contributed by atoms with van der Waals surface area (Å²) in [5.41, 5.74) is 3.32. The van der Waals surface area contributed by atoms with Gasteiger partial charge in [0.05, 0.1) is 0 Å². The highest BCUT2D eigenvalue weighted by atomic mass is 79.9. The summed E-state index contributed by atoms with van der Waals surface area (Å²) in [6.45, 7) is 2.33. The van der Waals surface area contributed by atoms with Crippen molar-refractivity contribution in [3.8, 4) is 11.8 Å². The molecule has 3 nitrogen and oxygen atoms in total. The lowest BCUT2D eigenvalue weighted by molar-refractivity contribution is 0.301. The van der Waals surface area contributed by atoms with Crippen LogP contribution in [0.1, 0.15) is 22.4 Å². The summed E-state index contributed by atoms with van der Waals surface area (Å²) in [7, 11) is 0. The van der Waals surface area contributed by atoms with Crippen LogP contribution in [0.15, 0.2) is 34.9 Å². The summed E-state index contributed by atoms with van der Waals surface area (Å²) in [4.78, 5) is 4.03. The van der Waals surface area contributed by atoms with Gasteiger partial charge in [0.1, 0.15) is 24.1 Å². The van der Waals surface area contributed by atoms with Crippen LogP contribution in [0.5, 0.6) is 5.75 Å². The number of nitriles is 1. The van der Waals surface area contributed by atoms with Crippen LogP contribution in [0, 0.1) is 18.3 Å². The minimum absolute atomic E-state index is 0.333. The number of pyridine rings is 1. The van der Waals surface area contributed by atoms with Crippen LogP contribution in [0.2, 0.25) is 0 Å². The molecule has 0 aliphatic carbocycles. The first-order chi connectivity index (χ1) is 9.65. The molecule has 0 aliphatic heterocycles. The van der Waals surface area contributed by atoms with Crippen LogP contribution in [0.25, 0.3) is 0 Å². The van der Waals surface area contributed by atoms with Crippen LogP contribution in [-0.2, 0) is 11.9 Å². The van der Waals surface area contributed by atoms with Crippen LogP contribution < -0.4 is 4.74 Å². The van der Waals surface area contributed by atoms with Crippen LogP contribution in [0.3, 0.4) is 0 Å². The summed E-state index contributed by atoms with van der Waals surface area (Å²) in [5, 5.41) is 9.73. The van der Waals surface area contributed by atoms with Crippen LogP contribution in [0.4, 0.5) is 0 Å². The van der Waals surface area contributed by atoms with E-state index in [0.29, 0.717) is 17.6 Å². The van der Waals surface area contributed by atoms with Gasteiger partial charge < -0.3 is 4.74 Å². The Morgan fingerprint density at radius 1 is 1.35 bits per heavy atom. The van der Waals surface area contributed by atoms with Crippen molar-refractivity contribution in [1.82, 2.24) is 4.98 Å². The fourth-order valence-corrected chi connectivity index (χ4v) is 2.95. The fraction of sp³-hybridized carbons (Fsp3) is 0.200. The standard InChI is InChI=1S/C15H12Br2N2O/c1-10-5-13(17)6-12(7-16)15(10)20-9-11-3-2-4-19-14(11)8-18/h2-6H,7,9H2,1H3. The summed E-state index contributed by atoms with van der Waals surface area (Å²) in [6.07, 6.45) is 1.61. The molecule has 0 saturated heterocycles. The number of alkyl halides is 1. The van der Waals surface area contributed by atoms with Crippen molar-refractivity contribution in [2.45, 2.75) is 18.9 Å². The SMILES string of the molecule is Cc1cc(Br)cc(CBr)c1OCc1cccnc1C#N. The number of ether oxygens (including phenoxy) is 1. The molecule has 1 heterocycles. The molecule has 2 aromatic rings. The van der Waals surface area contributed by atoms with Gasteiger partial charge in [-0.3, -0.25) is 0 Å². The Bertz CT molecular complexity index is 665. The first-order valence-corrected chi connectivity index (χ1v) is 7.89. The minimum atomic E-state index is 0.333. The zero-order chi connectivity index (χ0) is 14.5. The van der Waals surface area contributed by atoms with E-state index in [0.717, 1.165) is 26.9 Å². The molecular weight excluding hydrogens is 384 g/mol. The predicted molar refractivity (Wildman–Crippen MR) is 84.8 cm³/mol. The molecule has 2 rings (SSSR count). The van der Waals surface area contributed by atoms with E-state index in [1.54, 1.807) is 12.3 Å². The van der Waals surface area contributed by atoms with Gasteiger partial charge in [0.15, 0.2) is 0 Å².